The molecule has 0 saturated heterocycles. The molecule has 0 unspecified atom stereocenters. The lowest BCUT2D eigenvalue weighted by Crippen LogP contribution is -2.43. The minimum absolute atomic E-state index is 0.0944. The number of halogens is 1. The fourth-order valence-electron chi connectivity index (χ4n) is 2.69. The van der Waals surface area contributed by atoms with Gasteiger partial charge in [-0.2, -0.15) is 4.57 Å². The molecule has 0 amide bonds. The Hall–Kier alpha value is -2.06. The quantitative estimate of drug-likeness (QED) is 0.366. The zero-order valence-corrected chi connectivity index (χ0v) is 19.3. The van der Waals surface area contributed by atoms with E-state index in [9.17, 15) is 18.9 Å². The molecule has 0 aliphatic heterocycles. The number of aromatic nitrogens is 2. The van der Waals surface area contributed by atoms with Crippen molar-refractivity contribution in [2.24, 2.45) is 0 Å². The molecule has 0 radical (unpaired) electrons. The maximum atomic E-state index is 12.7. The second-order valence-electron chi connectivity index (χ2n) is 6.15. The van der Waals surface area contributed by atoms with E-state index >= 15 is 0 Å². The van der Waals surface area contributed by atoms with Crippen molar-refractivity contribution in [3.05, 3.63) is 79.6 Å². The standard InChI is InChI=1S/C20H24BrN2O6P/c1-3-28-30(27,29-4-2)14-10-6-9-13-22-15-17(21)19(25)23(20(22)26)18(24)16-11-7-5-8-12-16/h5-9,11-12,15H,3-4,10,13-14H2,1-2H3/b9-6+. The summed E-state index contributed by atoms with van der Waals surface area (Å²) in [5.74, 6) is -0.695. The summed E-state index contributed by atoms with van der Waals surface area (Å²) in [5, 5.41) is 0. The van der Waals surface area contributed by atoms with Crippen LogP contribution in [-0.4, -0.2) is 34.4 Å². The van der Waals surface area contributed by atoms with E-state index in [1.54, 1.807) is 44.2 Å². The maximum Gasteiger partial charge on any atom is 0.338 e. The fraction of sp³-hybridized carbons (Fsp3) is 0.350. The van der Waals surface area contributed by atoms with Gasteiger partial charge < -0.3 is 9.05 Å². The lowest BCUT2D eigenvalue weighted by molar-refractivity contribution is 0.0948. The molecule has 0 aliphatic rings. The van der Waals surface area contributed by atoms with E-state index in [1.807, 2.05) is 0 Å². The number of nitrogens with zero attached hydrogens (tertiary/aromatic N) is 2. The molecule has 2 rings (SSSR count). The van der Waals surface area contributed by atoms with Gasteiger partial charge in [-0.05, 0) is 48.3 Å². The zero-order chi connectivity index (χ0) is 22.1. The summed E-state index contributed by atoms with van der Waals surface area (Å²) in [4.78, 5) is 37.7. The lowest BCUT2D eigenvalue weighted by atomic mass is 10.2. The van der Waals surface area contributed by atoms with Crippen LogP contribution in [0.5, 0.6) is 0 Å². The molecule has 0 spiro atoms. The van der Waals surface area contributed by atoms with Crippen molar-refractivity contribution in [3.8, 4) is 0 Å². The lowest BCUT2D eigenvalue weighted by Gasteiger charge is -2.15. The highest BCUT2D eigenvalue weighted by Crippen LogP contribution is 2.48. The summed E-state index contributed by atoms with van der Waals surface area (Å²) < 4.78 is 24.8. The molecule has 0 atom stereocenters. The molecule has 0 saturated carbocycles. The number of carbonyl (C=O) groups excluding carboxylic acids is 1. The Morgan fingerprint density at radius 2 is 1.73 bits per heavy atom. The highest BCUT2D eigenvalue weighted by molar-refractivity contribution is 9.10. The second-order valence-corrected chi connectivity index (χ2v) is 9.19. The van der Waals surface area contributed by atoms with E-state index in [-0.39, 0.29) is 22.7 Å². The Balaban J connectivity index is 2.18. The molecule has 1 aromatic heterocycles. The zero-order valence-electron chi connectivity index (χ0n) is 16.8. The van der Waals surface area contributed by atoms with Gasteiger partial charge in [-0.1, -0.05) is 30.4 Å². The molecule has 30 heavy (non-hydrogen) atoms. The molecular weight excluding hydrogens is 475 g/mol. The van der Waals surface area contributed by atoms with Gasteiger partial charge in [0.25, 0.3) is 11.5 Å². The van der Waals surface area contributed by atoms with Crippen LogP contribution in [0, 0.1) is 0 Å². The molecule has 0 bridgehead atoms. The van der Waals surface area contributed by atoms with Gasteiger partial charge in [-0.3, -0.25) is 18.7 Å². The van der Waals surface area contributed by atoms with Gasteiger partial charge in [0.15, 0.2) is 0 Å². The minimum atomic E-state index is -3.13. The van der Waals surface area contributed by atoms with E-state index in [4.69, 9.17) is 9.05 Å². The smallest absolute Gasteiger partial charge is 0.309 e. The molecule has 0 N–H and O–H groups in total. The SMILES string of the molecule is CCOP(=O)(CC/C=C/Cn1cc(Br)c(=O)n(C(=O)c2ccccc2)c1=O)OCC. The van der Waals surface area contributed by atoms with Gasteiger partial charge >= 0.3 is 13.3 Å². The minimum Gasteiger partial charge on any atom is -0.309 e. The fourth-order valence-corrected chi connectivity index (χ4v) is 4.70. The summed E-state index contributed by atoms with van der Waals surface area (Å²) in [6.07, 6.45) is 5.43. The Morgan fingerprint density at radius 3 is 2.33 bits per heavy atom. The summed E-state index contributed by atoms with van der Waals surface area (Å²) >= 11 is 3.12. The predicted molar refractivity (Wildman–Crippen MR) is 118 cm³/mol. The molecule has 162 valence electrons. The second kappa shape index (κ2) is 11.4. The molecule has 0 aliphatic carbocycles. The van der Waals surface area contributed by atoms with Crippen LogP contribution in [0.1, 0.15) is 30.6 Å². The van der Waals surface area contributed by atoms with Gasteiger partial charge in [0.05, 0.1) is 23.8 Å². The van der Waals surface area contributed by atoms with E-state index in [2.05, 4.69) is 15.9 Å². The Morgan fingerprint density at radius 1 is 1.10 bits per heavy atom. The first kappa shape index (κ1) is 24.2. The van der Waals surface area contributed by atoms with Crippen molar-refractivity contribution < 1.29 is 18.4 Å². The van der Waals surface area contributed by atoms with Crippen molar-refractivity contribution in [3.63, 3.8) is 0 Å². The Bertz CT molecular complexity index is 1050. The van der Waals surface area contributed by atoms with Crippen molar-refractivity contribution >= 4 is 29.4 Å². The predicted octanol–water partition coefficient (Wildman–Crippen LogP) is 3.67. The van der Waals surface area contributed by atoms with Crippen molar-refractivity contribution in [2.75, 3.05) is 19.4 Å². The van der Waals surface area contributed by atoms with Crippen molar-refractivity contribution in [1.82, 2.24) is 9.13 Å². The van der Waals surface area contributed by atoms with Crippen molar-refractivity contribution in [2.45, 2.75) is 26.8 Å². The van der Waals surface area contributed by atoms with Gasteiger partial charge in [-0.15, -0.1) is 0 Å². The maximum absolute atomic E-state index is 12.7. The number of carbonyl (C=O) groups is 1. The highest BCUT2D eigenvalue weighted by atomic mass is 79.9. The van der Waals surface area contributed by atoms with Crippen LogP contribution >= 0.6 is 23.5 Å². The van der Waals surface area contributed by atoms with E-state index in [0.717, 1.165) is 0 Å². The number of rotatable bonds is 10. The molecule has 8 nitrogen and oxygen atoms in total. The monoisotopic (exact) mass is 498 g/mol. The van der Waals surface area contributed by atoms with Crippen LogP contribution in [0.25, 0.3) is 0 Å². The molecular formula is C20H24BrN2O6P. The van der Waals surface area contributed by atoms with Gasteiger partial charge in [-0.25, -0.2) is 4.79 Å². The number of hydrogen-bond acceptors (Lipinski definition) is 6. The summed E-state index contributed by atoms with van der Waals surface area (Å²) in [6.45, 7) is 4.21. The first-order chi connectivity index (χ1) is 14.3. The van der Waals surface area contributed by atoms with Crippen LogP contribution in [0.15, 0.2) is 62.7 Å². The molecule has 0 fully saturated rings. The average molecular weight is 499 g/mol. The topological polar surface area (TPSA) is 96.6 Å². The molecule has 1 aromatic carbocycles. The summed E-state index contributed by atoms with van der Waals surface area (Å²) in [6, 6.07) is 8.11. The van der Waals surface area contributed by atoms with Gasteiger partial charge in [0, 0.05) is 18.3 Å². The van der Waals surface area contributed by atoms with Crippen LogP contribution in [0.4, 0.5) is 0 Å². The van der Waals surface area contributed by atoms with Crippen LogP contribution in [0.2, 0.25) is 0 Å². The largest absolute Gasteiger partial charge is 0.338 e. The van der Waals surface area contributed by atoms with E-state index in [1.165, 1.54) is 22.9 Å². The number of allylic oxidation sites excluding steroid dienone is 2. The molecule has 2 aromatic rings. The third kappa shape index (κ3) is 6.22. The first-order valence-corrected chi connectivity index (χ1v) is 12.0. The van der Waals surface area contributed by atoms with E-state index < -0.39 is 24.8 Å². The summed E-state index contributed by atoms with van der Waals surface area (Å²) in [7, 11) is -3.13. The molecule has 10 heteroatoms. The normalized spacial score (nSPS) is 11.8. The number of hydrogen-bond donors (Lipinski definition) is 0. The van der Waals surface area contributed by atoms with Crippen LogP contribution < -0.4 is 11.2 Å². The van der Waals surface area contributed by atoms with Crippen molar-refractivity contribution in [1.29, 1.82) is 0 Å². The third-order valence-electron chi connectivity index (χ3n) is 4.03. The van der Waals surface area contributed by atoms with Gasteiger partial charge in [0.2, 0.25) is 0 Å². The summed E-state index contributed by atoms with van der Waals surface area (Å²) in [5.41, 5.74) is -1.22. The third-order valence-corrected chi connectivity index (χ3v) is 6.68. The number of benzene rings is 1. The Labute approximate surface area is 182 Å². The van der Waals surface area contributed by atoms with Gasteiger partial charge in [0.1, 0.15) is 0 Å². The molecule has 1 heterocycles. The van der Waals surface area contributed by atoms with Crippen LogP contribution in [-0.2, 0) is 20.2 Å². The average Bonchev–Trinajstić information content (AvgIpc) is 2.72. The van der Waals surface area contributed by atoms with E-state index in [0.29, 0.717) is 24.2 Å². The van der Waals surface area contributed by atoms with Crippen LogP contribution in [0.3, 0.4) is 0 Å². The first-order valence-electron chi connectivity index (χ1n) is 9.47. The Kier molecular flexibility index (Phi) is 9.17. The highest BCUT2D eigenvalue weighted by Gasteiger charge is 2.22.